The van der Waals surface area contributed by atoms with Crippen molar-refractivity contribution in [2.24, 2.45) is 0 Å². The number of carboxylic acid groups (broad SMARTS) is 1. The molecular weight excluding hydrogens is 502 g/mol. The maximum atomic E-state index is 12.4. The Bertz CT molecular complexity index is 1140. The van der Waals surface area contributed by atoms with Crippen LogP contribution < -0.4 is 5.32 Å². The van der Waals surface area contributed by atoms with Crippen molar-refractivity contribution < 1.29 is 14.7 Å². The van der Waals surface area contributed by atoms with Crippen molar-refractivity contribution in [3.05, 3.63) is 89.5 Å². The van der Waals surface area contributed by atoms with Crippen LogP contribution in [0.3, 0.4) is 0 Å². The fourth-order valence-corrected chi connectivity index (χ4v) is 5.82. The van der Waals surface area contributed by atoms with Crippen molar-refractivity contribution in [1.29, 1.82) is 0 Å². The Hall–Kier alpha value is -3.05. The third-order valence-corrected chi connectivity index (χ3v) is 8.31. The smallest absolute Gasteiger partial charge is 0.305 e. The second-order valence-corrected chi connectivity index (χ2v) is 11.4. The van der Waals surface area contributed by atoms with Crippen molar-refractivity contribution in [3.63, 3.8) is 0 Å². The molecule has 5 heteroatoms. The molecule has 0 aliphatic carbocycles. The first-order valence-electron chi connectivity index (χ1n) is 14.5. The number of aliphatic carboxylic acids is 1. The minimum absolute atomic E-state index is 0.0799. The summed E-state index contributed by atoms with van der Waals surface area (Å²) in [6.45, 7) is 4.60. The van der Waals surface area contributed by atoms with Crippen molar-refractivity contribution in [1.82, 2.24) is 5.32 Å². The van der Waals surface area contributed by atoms with Gasteiger partial charge in [0.25, 0.3) is 5.91 Å². The second kappa shape index (κ2) is 16.8. The van der Waals surface area contributed by atoms with Crippen LogP contribution in [0.1, 0.15) is 98.4 Å². The molecule has 0 aromatic heterocycles. The molecule has 0 radical (unpaired) electrons. The van der Waals surface area contributed by atoms with Crippen molar-refractivity contribution in [2.75, 3.05) is 6.54 Å². The SMILES string of the molecule is CCCCCCC(Sc1ccc(-c2ccc(CCCCC)cc2)cc1)c1ccc(C(=O)NCCC(=O)O)cc1. The van der Waals surface area contributed by atoms with Gasteiger partial charge in [-0.3, -0.25) is 9.59 Å². The molecular formula is C34H43NO3S. The maximum absolute atomic E-state index is 12.4. The number of amides is 1. The fourth-order valence-electron chi connectivity index (χ4n) is 4.62. The summed E-state index contributed by atoms with van der Waals surface area (Å²) in [5.74, 6) is -1.16. The summed E-state index contributed by atoms with van der Waals surface area (Å²) in [4.78, 5) is 24.3. The van der Waals surface area contributed by atoms with Crippen LogP contribution in [-0.4, -0.2) is 23.5 Å². The van der Waals surface area contributed by atoms with Gasteiger partial charge in [0.1, 0.15) is 0 Å². The van der Waals surface area contributed by atoms with E-state index in [1.165, 1.54) is 72.1 Å². The minimum atomic E-state index is -0.919. The van der Waals surface area contributed by atoms with Crippen LogP contribution in [0.25, 0.3) is 11.1 Å². The molecule has 0 heterocycles. The van der Waals surface area contributed by atoms with Crippen LogP contribution in [0.4, 0.5) is 0 Å². The van der Waals surface area contributed by atoms with E-state index in [9.17, 15) is 9.59 Å². The molecule has 1 atom stereocenters. The number of carbonyl (C=O) groups is 2. The summed E-state index contributed by atoms with van der Waals surface area (Å²) >= 11 is 1.88. The van der Waals surface area contributed by atoms with Crippen molar-refractivity contribution >= 4 is 23.6 Å². The largest absolute Gasteiger partial charge is 0.481 e. The molecule has 0 bridgehead atoms. The summed E-state index contributed by atoms with van der Waals surface area (Å²) in [7, 11) is 0. The molecule has 3 aromatic carbocycles. The summed E-state index contributed by atoms with van der Waals surface area (Å²) in [6, 6.07) is 25.6. The molecule has 2 N–H and O–H groups in total. The first-order valence-corrected chi connectivity index (χ1v) is 15.3. The first-order chi connectivity index (χ1) is 19.0. The van der Waals surface area contributed by atoms with Crippen LogP contribution >= 0.6 is 11.8 Å². The number of benzene rings is 3. The van der Waals surface area contributed by atoms with E-state index in [2.05, 4.69) is 67.7 Å². The van der Waals surface area contributed by atoms with Crippen LogP contribution in [0.15, 0.2) is 77.7 Å². The number of rotatable bonds is 17. The predicted octanol–water partition coefficient (Wildman–Crippen LogP) is 9.09. The average molecular weight is 546 g/mol. The van der Waals surface area contributed by atoms with E-state index < -0.39 is 5.97 Å². The van der Waals surface area contributed by atoms with Crippen LogP contribution in [0.5, 0.6) is 0 Å². The van der Waals surface area contributed by atoms with Crippen molar-refractivity contribution in [2.45, 2.75) is 88.2 Å². The Morgan fingerprint density at radius 1 is 0.769 bits per heavy atom. The van der Waals surface area contributed by atoms with Crippen LogP contribution in [-0.2, 0) is 11.2 Å². The molecule has 208 valence electrons. The Morgan fingerprint density at radius 2 is 1.38 bits per heavy atom. The number of carbonyl (C=O) groups excluding carboxylic acids is 1. The Kier molecular flexibility index (Phi) is 13.1. The Labute approximate surface area is 238 Å². The predicted molar refractivity (Wildman–Crippen MR) is 163 cm³/mol. The van der Waals surface area contributed by atoms with Gasteiger partial charge < -0.3 is 10.4 Å². The molecule has 1 unspecified atom stereocenters. The van der Waals surface area contributed by atoms with Gasteiger partial charge in [-0.2, -0.15) is 0 Å². The summed E-state index contributed by atoms with van der Waals surface area (Å²) in [6.07, 6.45) is 10.8. The third-order valence-electron chi connectivity index (χ3n) is 6.98. The number of hydrogen-bond acceptors (Lipinski definition) is 3. The Balaban J connectivity index is 1.65. The molecule has 0 saturated heterocycles. The van der Waals surface area contributed by atoms with Gasteiger partial charge >= 0.3 is 5.97 Å². The molecule has 1 amide bonds. The average Bonchev–Trinajstić information content (AvgIpc) is 2.95. The lowest BCUT2D eigenvalue weighted by Gasteiger charge is -2.18. The molecule has 4 nitrogen and oxygen atoms in total. The van der Waals surface area contributed by atoms with Gasteiger partial charge in [-0.15, -0.1) is 11.8 Å². The Morgan fingerprint density at radius 3 is 2.00 bits per heavy atom. The number of thioether (sulfide) groups is 1. The number of hydrogen-bond donors (Lipinski definition) is 2. The molecule has 0 fully saturated rings. The fraction of sp³-hybridized carbons (Fsp3) is 0.412. The van der Waals surface area contributed by atoms with E-state index in [1.54, 1.807) is 0 Å². The molecule has 0 saturated carbocycles. The summed E-state index contributed by atoms with van der Waals surface area (Å²) < 4.78 is 0. The molecule has 3 rings (SSSR count). The first kappa shape index (κ1) is 30.5. The lowest BCUT2D eigenvalue weighted by atomic mass is 10.0. The molecule has 39 heavy (non-hydrogen) atoms. The van der Waals surface area contributed by atoms with Gasteiger partial charge in [0.2, 0.25) is 0 Å². The van der Waals surface area contributed by atoms with E-state index >= 15 is 0 Å². The highest BCUT2D eigenvalue weighted by molar-refractivity contribution is 7.99. The highest BCUT2D eigenvalue weighted by atomic mass is 32.2. The second-order valence-electron chi connectivity index (χ2n) is 10.2. The minimum Gasteiger partial charge on any atom is -0.481 e. The van der Waals surface area contributed by atoms with E-state index in [4.69, 9.17) is 5.11 Å². The lowest BCUT2D eigenvalue weighted by molar-refractivity contribution is -0.136. The zero-order valence-corrected chi connectivity index (χ0v) is 24.3. The zero-order valence-electron chi connectivity index (χ0n) is 23.5. The third kappa shape index (κ3) is 10.6. The highest BCUT2D eigenvalue weighted by Gasteiger charge is 2.15. The van der Waals surface area contributed by atoms with Gasteiger partial charge in [-0.1, -0.05) is 101 Å². The van der Waals surface area contributed by atoms with E-state index in [-0.39, 0.29) is 18.9 Å². The topological polar surface area (TPSA) is 66.4 Å². The molecule has 0 aliphatic heterocycles. The van der Waals surface area contributed by atoms with Gasteiger partial charge in [-0.25, -0.2) is 0 Å². The summed E-state index contributed by atoms with van der Waals surface area (Å²) in [5, 5.41) is 11.8. The lowest BCUT2D eigenvalue weighted by Crippen LogP contribution is -2.25. The molecule has 3 aromatic rings. The molecule has 0 aliphatic rings. The number of aryl methyl sites for hydroxylation is 1. The van der Waals surface area contributed by atoms with Gasteiger partial charge in [0, 0.05) is 22.3 Å². The standard InChI is InChI=1S/C34H43NO3S/c1-3-5-7-9-11-32(29-16-18-30(19-17-29)34(38)35-25-24-33(36)37)39-31-22-20-28(21-23-31)27-14-12-26(13-15-27)10-8-6-4-2/h12-23,32H,3-11,24-25H2,1-2H3,(H,35,38)(H,36,37). The molecule has 0 spiro atoms. The van der Waals surface area contributed by atoms with E-state index in [0.29, 0.717) is 10.8 Å². The van der Waals surface area contributed by atoms with Crippen molar-refractivity contribution in [3.8, 4) is 11.1 Å². The number of unbranched alkanes of at least 4 members (excludes halogenated alkanes) is 5. The number of carboxylic acids is 1. The zero-order chi connectivity index (χ0) is 27.9. The number of nitrogens with one attached hydrogen (secondary N) is 1. The maximum Gasteiger partial charge on any atom is 0.305 e. The van der Waals surface area contributed by atoms with E-state index in [0.717, 1.165) is 12.8 Å². The van der Waals surface area contributed by atoms with E-state index in [1.807, 2.05) is 36.0 Å². The van der Waals surface area contributed by atoms with Gasteiger partial charge in [-0.05, 0) is 65.8 Å². The quantitative estimate of drug-likeness (QED) is 0.131. The normalized spacial score (nSPS) is 11.7. The summed E-state index contributed by atoms with van der Waals surface area (Å²) in [5.41, 5.74) is 5.66. The van der Waals surface area contributed by atoms with Gasteiger partial charge in [0.05, 0.1) is 6.42 Å². The van der Waals surface area contributed by atoms with Crippen LogP contribution in [0, 0.1) is 0 Å². The van der Waals surface area contributed by atoms with Crippen LogP contribution in [0.2, 0.25) is 0 Å². The van der Waals surface area contributed by atoms with Gasteiger partial charge in [0.15, 0.2) is 0 Å². The monoisotopic (exact) mass is 545 g/mol. The highest BCUT2D eigenvalue weighted by Crippen LogP contribution is 2.40.